The number of alkyl halides is 1. The first-order chi connectivity index (χ1) is 9.56. The predicted molar refractivity (Wildman–Crippen MR) is 82.4 cm³/mol. The molecular formula is C15H10BrCl2FO. The van der Waals surface area contributed by atoms with Gasteiger partial charge in [0.2, 0.25) is 0 Å². The molecule has 1 heterocycles. The summed E-state index contributed by atoms with van der Waals surface area (Å²) in [6, 6.07) is 8.39. The van der Waals surface area contributed by atoms with Gasteiger partial charge in [0.15, 0.2) is 0 Å². The van der Waals surface area contributed by atoms with Crippen LogP contribution in [-0.4, -0.2) is 6.61 Å². The molecule has 0 spiro atoms. The minimum Gasteiger partial charge on any atom is -0.493 e. The highest BCUT2D eigenvalue weighted by Gasteiger charge is 2.25. The molecule has 0 N–H and O–H groups in total. The molecule has 0 aliphatic carbocycles. The average Bonchev–Trinajstić information content (AvgIpc) is 2.85. The number of halogens is 4. The van der Waals surface area contributed by atoms with E-state index in [1.807, 2.05) is 12.1 Å². The smallest absolute Gasteiger partial charge is 0.129 e. The Balaban J connectivity index is 2.09. The van der Waals surface area contributed by atoms with Crippen LogP contribution in [0.4, 0.5) is 4.39 Å². The first-order valence-corrected chi connectivity index (χ1v) is 7.71. The summed E-state index contributed by atoms with van der Waals surface area (Å²) in [7, 11) is 0. The van der Waals surface area contributed by atoms with Crippen molar-refractivity contribution in [3.05, 3.63) is 62.3 Å². The second-order valence-corrected chi connectivity index (χ2v) is 6.40. The van der Waals surface area contributed by atoms with E-state index < -0.39 is 11.2 Å². The second-order valence-electron chi connectivity index (χ2n) is 4.61. The van der Waals surface area contributed by atoms with Crippen LogP contribution in [-0.2, 0) is 6.42 Å². The highest BCUT2D eigenvalue weighted by molar-refractivity contribution is 9.10. The van der Waals surface area contributed by atoms with Crippen LogP contribution in [0.5, 0.6) is 5.75 Å². The summed E-state index contributed by atoms with van der Waals surface area (Å²) in [5, 5.41) is -0.262. The van der Waals surface area contributed by atoms with Crippen molar-refractivity contribution in [1.29, 1.82) is 0 Å². The van der Waals surface area contributed by atoms with Gasteiger partial charge in [-0.05, 0) is 29.8 Å². The van der Waals surface area contributed by atoms with Crippen LogP contribution in [0.25, 0.3) is 0 Å². The van der Waals surface area contributed by atoms with E-state index in [0.29, 0.717) is 17.2 Å². The summed E-state index contributed by atoms with van der Waals surface area (Å²) in [6.45, 7) is 0.630. The van der Waals surface area contributed by atoms with Crippen molar-refractivity contribution in [1.82, 2.24) is 0 Å². The Morgan fingerprint density at radius 2 is 2.00 bits per heavy atom. The Hall–Kier alpha value is -0.770. The van der Waals surface area contributed by atoms with Crippen LogP contribution in [0.2, 0.25) is 5.02 Å². The summed E-state index contributed by atoms with van der Waals surface area (Å²) in [5.41, 5.74) is 2.26. The Morgan fingerprint density at radius 3 is 2.75 bits per heavy atom. The van der Waals surface area contributed by atoms with E-state index in [1.165, 1.54) is 6.07 Å². The molecule has 1 atom stereocenters. The molecule has 1 aliphatic rings. The van der Waals surface area contributed by atoms with Crippen LogP contribution >= 0.6 is 39.1 Å². The molecule has 0 saturated carbocycles. The molecule has 0 saturated heterocycles. The van der Waals surface area contributed by atoms with Gasteiger partial charge in [-0.2, -0.15) is 0 Å². The third kappa shape index (κ3) is 2.54. The van der Waals surface area contributed by atoms with E-state index in [1.54, 1.807) is 12.1 Å². The van der Waals surface area contributed by atoms with Gasteiger partial charge in [0.1, 0.15) is 11.6 Å². The summed E-state index contributed by atoms with van der Waals surface area (Å²) >= 11 is 15.7. The minimum atomic E-state index is -0.614. The predicted octanol–water partition coefficient (Wildman–Crippen LogP) is 5.50. The van der Waals surface area contributed by atoms with Gasteiger partial charge in [-0.3, -0.25) is 0 Å². The Labute approximate surface area is 134 Å². The van der Waals surface area contributed by atoms with Crippen molar-refractivity contribution in [2.75, 3.05) is 6.61 Å². The fourth-order valence-electron chi connectivity index (χ4n) is 2.36. The molecule has 2 aromatic carbocycles. The molecule has 3 rings (SSSR count). The van der Waals surface area contributed by atoms with E-state index in [0.717, 1.165) is 27.8 Å². The topological polar surface area (TPSA) is 9.23 Å². The fourth-order valence-corrected chi connectivity index (χ4v) is 3.38. The van der Waals surface area contributed by atoms with Crippen LogP contribution in [0, 0.1) is 5.82 Å². The number of fused-ring (bicyclic) bond motifs is 1. The van der Waals surface area contributed by atoms with Gasteiger partial charge in [-0.1, -0.05) is 33.6 Å². The van der Waals surface area contributed by atoms with Gasteiger partial charge in [0.05, 0.1) is 12.0 Å². The maximum atomic E-state index is 14.0. The number of rotatable bonds is 2. The minimum absolute atomic E-state index is 0.353. The lowest BCUT2D eigenvalue weighted by atomic mass is 10.0. The summed E-state index contributed by atoms with van der Waals surface area (Å²) < 4.78 is 20.6. The Kier molecular flexibility index (Phi) is 3.93. The maximum Gasteiger partial charge on any atom is 0.129 e. The Bertz CT molecular complexity index is 675. The highest BCUT2D eigenvalue weighted by atomic mass is 79.9. The van der Waals surface area contributed by atoms with Crippen LogP contribution in [0.1, 0.15) is 22.1 Å². The molecule has 2 aromatic rings. The van der Waals surface area contributed by atoms with Crippen LogP contribution < -0.4 is 4.74 Å². The molecule has 0 bridgehead atoms. The summed E-state index contributed by atoms with van der Waals surface area (Å²) in [6.07, 6.45) is 0.842. The summed E-state index contributed by atoms with van der Waals surface area (Å²) in [4.78, 5) is 0. The monoisotopic (exact) mass is 374 g/mol. The lowest BCUT2D eigenvalue weighted by Gasteiger charge is -2.15. The van der Waals surface area contributed by atoms with Crippen LogP contribution in [0.3, 0.4) is 0 Å². The van der Waals surface area contributed by atoms with E-state index >= 15 is 0 Å². The van der Waals surface area contributed by atoms with E-state index in [9.17, 15) is 4.39 Å². The largest absolute Gasteiger partial charge is 0.493 e. The van der Waals surface area contributed by atoms with Gasteiger partial charge in [0, 0.05) is 27.0 Å². The SMILES string of the molecule is Fc1cc(Cl)ccc1C(Cl)c1cc(Br)cc2c1OCC2. The zero-order valence-electron chi connectivity index (χ0n) is 10.3. The van der Waals surface area contributed by atoms with Crippen molar-refractivity contribution < 1.29 is 9.13 Å². The van der Waals surface area contributed by atoms with Gasteiger partial charge in [-0.15, -0.1) is 11.6 Å². The van der Waals surface area contributed by atoms with Crippen molar-refractivity contribution >= 4 is 39.1 Å². The van der Waals surface area contributed by atoms with Crippen molar-refractivity contribution in [2.45, 2.75) is 11.8 Å². The molecule has 0 aromatic heterocycles. The van der Waals surface area contributed by atoms with Crippen molar-refractivity contribution in [3.8, 4) is 5.75 Å². The maximum absolute atomic E-state index is 14.0. The third-order valence-electron chi connectivity index (χ3n) is 3.29. The normalized spacial score (nSPS) is 14.8. The molecular weight excluding hydrogens is 366 g/mol. The van der Waals surface area contributed by atoms with E-state index in [-0.39, 0.29) is 0 Å². The molecule has 1 unspecified atom stereocenters. The molecule has 0 amide bonds. The standard InChI is InChI=1S/C15H10BrCl2FO/c16-9-5-8-3-4-20-15(8)12(6-9)14(18)11-2-1-10(17)7-13(11)19/h1-2,5-7,14H,3-4H2. The molecule has 0 fully saturated rings. The summed E-state index contributed by atoms with van der Waals surface area (Å²) in [5.74, 6) is 0.353. The lowest BCUT2D eigenvalue weighted by Crippen LogP contribution is -2.00. The van der Waals surface area contributed by atoms with Crippen LogP contribution in [0.15, 0.2) is 34.8 Å². The fraction of sp³-hybridized carbons (Fsp3) is 0.200. The van der Waals surface area contributed by atoms with Gasteiger partial charge < -0.3 is 4.74 Å². The first kappa shape index (κ1) is 14.2. The second kappa shape index (κ2) is 5.55. The van der Waals surface area contributed by atoms with Crippen molar-refractivity contribution in [3.63, 3.8) is 0 Å². The molecule has 5 heteroatoms. The van der Waals surface area contributed by atoms with E-state index in [4.69, 9.17) is 27.9 Å². The number of ether oxygens (including phenoxy) is 1. The number of hydrogen-bond acceptors (Lipinski definition) is 1. The Morgan fingerprint density at radius 1 is 1.20 bits per heavy atom. The number of hydrogen-bond donors (Lipinski definition) is 0. The quantitative estimate of drug-likeness (QED) is 0.629. The lowest BCUT2D eigenvalue weighted by molar-refractivity contribution is 0.353. The zero-order valence-corrected chi connectivity index (χ0v) is 13.4. The third-order valence-corrected chi connectivity index (χ3v) is 4.45. The number of benzene rings is 2. The zero-order chi connectivity index (χ0) is 14.3. The van der Waals surface area contributed by atoms with Crippen molar-refractivity contribution in [2.24, 2.45) is 0 Å². The first-order valence-electron chi connectivity index (χ1n) is 6.10. The average molecular weight is 376 g/mol. The molecule has 1 aliphatic heterocycles. The molecule has 0 radical (unpaired) electrons. The highest BCUT2D eigenvalue weighted by Crippen LogP contribution is 2.42. The van der Waals surface area contributed by atoms with Gasteiger partial charge in [-0.25, -0.2) is 4.39 Å². The molecule has 20 heavy (non-hydrogen) atoms. The van der Waals surface area contributed by atoms with Gasteiger partial charge in [0.25, 0.3) is 0 Å². The van der Waals surface area contributed by atoms with E-state index in [2.05, 4.69) is 15.9 Å². The van der Waals surface area contributed by atoms with Gasteiger partial charge >= 0.3 is 0 Å². The molecule has 104 valence electrons. The molecule has 1 nitrogen and oxygen atoms in total.